The number of hydrogen-bond acceptors (Lipinski definition) is 2. The molecule has 2 aromatic rings. The van der Waals surface area contributed by atoms with E-state index >= 15 is 0 Å². The Labute approximate surface area is 111 Å². The molecule has 0 aliphatic carbocycles. The molecule has 1 aromatic heterocycles. The summed E-state index contributed by atoms with van der Waals surface area (Å²) in [5.41, 5.74) is 6.06. The van der Waals surface area contributed by atoms with Gasteiger partial charge in [-0.15, -0.1) is 0 Å². The van der Waals surface area contributed by atoms with Gasteiger partial charge in [0.2, 0.25) is 5.91 Å². The Morgan fingerprint density at radius 3 is 2.84 bits per heavy atom. The molecule has 0 radical (unpaired) electrons. The predicted molar refractivity (Wildman–Crippen MR) is 73.8 cm³/mol. The third-order valence-electron chi connectivity index (χ3n) is 3.60. The summed E-state index contributed by atoms with van der Waals surface area (Å²) in [7, 11) is 0. The van der Waals surface area contributed by atoms with E-state index in [1.807, 2.05) is 25.1 Å². The molecule has 2 heterocycles. The summed E-state index contributed by atoms with van der Waals surface area (Å²) in [4.78, 5) is 14.6. The maximum atomic E-state index is 11.3. The van der Waals surface area contributed by atoms with E-state index in [0.717, 1.165) is 40.2 Å². The number of aromatic nitrogens is 1. The van der Waals surface area contributed by atoms with Gasteiger partial charge in [0.05, 0.1) is 6.61 Å². The van der Waals surface area contributed by atoms with E-state index in [2.05, 4.69) is 16.4 Å². The molecule has 1 aliphatic heterocycles. The molecular weight excluding hydrogens is 240 g/mol. The highest BCUT2D eigenvalue weighted by Crippen LogP contribution is 2.29. The molecule has 3 N–H and O–H groups in total. The lowest BCUT2D eigenvalue weighted by Crippen LogP contribution is -2.18. The van der Waals surface area contributed by atoms with E-state index in [9.17, 15) is 9.90 Å². The summed E-state index contributed by atoms with van der Waals surface area (Å²) in [6.07, 6.45) is 1.32. The number of nitrogens with one attached hydrogen (secondary N) is 2. The van der Waals surface area contributed by atoms with Crippen LogP contribution in [0.1, 0.15) is 23.2 Å². The molecule has 0 unspecified atom stereocenters. The van der Waals surface area contributed by atoms with Crippen molar-refractivity contribution in [1.82, 2.24) is 4.98 Å². The summed E-state index contributed by atoms with van der Waals surface area (Å²) >= 11 is 0. The number of aryl methyl sites for hydroxylation is 2. The van der Waals surface area contributed by atoms with Crippen LogP contribution in [0.2, 0.25) is 0 Å². The van der Waals surface area contributed by atoms with Crippen LogP contribution in [-0.2, 0) is 17.8 Å². The normalized spacial score (nSPS) is 14.1. The highest BCUT2D eigenvalue weighted by Gasteiger charge is 2.15. The summed E-state index contributed by atoms with van der Waals surface area (Å²) in [5, 5.41) is 12.1. The van der Waals surface area contributed by atoms with Crippen LogP contribution in [0.4, 0.5) is 5.69 Å². The first-order valence-electron chi connectivity index (χ1n) is 6.40. The third kappa shape index (κ3) is 2.15. The third-order valence-corrected chi connectivity index (χ3v) is 3.60. The standard InChI is InChI=1S/C15H16N2O2/c1-9-12(8-18)7-14(16-9)11-2-4-13-10(6-11)3-5-15(19)17-13/h2,4,6-7,16,18H,3,5,8H2,1H3,(H,17,19). The Bertz CT molecular complexity index is 644. The zero-order chi connectivity index (χ0) is 13.4. The molecule has 4 nitrogen and oxygen atoms in total. The van der Waals surface area contributed by atoms with Crippen molar-refractivity contribution < 1.29 is 9.90 Å². The van der Waals surface area contributed by atoms with Crippen LogP contribution in [0.3, 0.4) is 0 Å². The molecular formula is C15H16N2O2. The van der Waals surface area contributed by atoms with E-state index in [1.54, 1.807) is 0 Å². The smallest absolute Gasteiger partial charge is 0.224 e. The number of carbonyl (C=O) groups excluding carboxylic acids is 1. The molecule has 3 rings (SSSR count). The minimum Gasteiger partial charge on any atom is -0.392 e. The molecule has 0 bridgehead atoms. The van der Waals surface area contributed by atoms with Crippen molar-refractivity contribution in [3.05, 3.63) is 41.1 Å². The average molecular weight is 256 g/mol. The second kappa shape index (κ2) is 4.55. The number of anilines is 1. The summed E-state index contributed by atoms with van der Waals surface area (Å²) in [6.45, 7) is 2.00. The van der Waals surface area contributed by atoms with Crippen molar-refractivity contribution in [3.8, 4) is 11.3 Å². The van der Waals surface area contributed by atoms with Gasteiger partial charge in [0.25, 0.3) is 0 Å². The monoisotopic (exact) mass is 256 g/mol. The van der Waals surface area contributed by atoms with Gasteiger partial charge >= 0.3 is 0 Å². The lowest BCUT2D eigenvalue weighted by atomic mass is 9.99. The molecule has 1 aliphatic rings. The van der Waals surface area contributed by atoms with Crippen LogP contribution in [0.25, 0.3) is 11.3 Å². The zero-order valence-electron chi connectivity index (χ0n) is 10.8. The van der Waals surface area contributed by atoms with Crippen LogP contribution in [0.5, 0.6) is 0 Å². The van der Waals surface area contributed by atoms with E-state index in [1.165, 1.54) is 0 Å². The number of rotatable bonds is 2. The molecule has 1 amide bonds. The maximum absolute atomic E-state index is 11.3. The van der Waals surface area contributed by atoms with E-state index in [4.69, 9.17) is 0 Å². The fraction of sp³-hybridized carbons (Fsp3) is 0.267. The van der Waals surface area contributed by atoms with Crippen molar-refractivity contribution >= 4 is 11.6 Å². The number of aliphatic hydroxyl groups excluding tert-OH is 1. The van der Waals surface area contributed by atoms with E-state index in [0.29, 0.717) is 6.42 Å². The van der Waals surface area contributed by atoms with Crippen molar-refractivity contribution in [1.29, 1.82) is 0 Å². The van der Waals surface area contributed by atoms with Crippen LogP contribution in [-0.4, -0.2) is 16.0 Å². The molecule has 0 fully saturated rings. The number of aliphatic hydroxyl groups is 1. The van der Waals surface area contributed by atoms with E-state index < -0.39 is 0 Å². The van der Waals surface area contributed by atoms with Gasteiger partial charge in [-0.2, -0.15) is 0 Å². The number of hydrogen-bond donors (Lipinski definition) is 3. The van der Waals surface area contributed by atoms with Crippen molar-refractivity contribution in [3.63, 3.8) is 0 Å². The fourth-order valence-electron chi connectivity index (χ4n) is 2.47. The molecule has 1 aromatic carbocycles. The van der Waals surface area contributed by atoms with E-state index in [-0.39, 0.29) is 12.5 Å². The molecule has 0 atom stereocenters. The molecule has 4 heteroatoms. The van der Waals surface area contributed by atoms with Crippen LogP contribution < -0.4 is 5.32 Å². The van der Waals surface area contributed by atoms with Crippen LogP contribution in [0.15, 0.2) is 24.3 Å². The highest BCUT2D eigenvalue weighted by atomic mass is 16.3. The SMILES string of the molecule is Cc1[nH]c(-c2ccc3c(c2)CCC(=O)N3)cc1CO. The fourth-order valence-corrected chi connectivity index (χ4v) is 2.47. The second-order valence-electron chi connectivity index (χ2n) is 4.91. The summed E-state index contributed by atoms with van der Waals surface area (Å²) in [6, 6.07) is 7.99. The Balaban J connectivity index is 1.99. The predicted octanol–water partition coefficient (Wildman–Crippen LogP) is 2.37. The first-order valence-corrected chi connectivity index (χ1v) is 6.40. The minimum atomic E-state index is 0.0450. The van der Waals surface area contributed by atoms with Gasteiger partial charge in [-0.05, 0) is 48.2 Å². The van der Waals surface area contributed by atoms with Crippen molar-refractivity contribution in [2.24, 2.45) is 0 Å². The lowest BCUT2D eigenvalue weighted by molar-refractivity contribution is -0.116. The number of aromatic amines is 1. The Morgan fingerprint density at radius 2 is 2.11 bits per heavy atom. The van der Waals surface area contributed by atoms with Gasteiger partial charge in [-0.3, -0.25) is 4.79 Å². The van der Waals surface area contributed by atoms with Gasteiger partial charge in [0, 0.05) is 23.5 Å². The average Bonchev–Trinajstić information content (AvgIpc) is 2.79. The maximum Gasteiger partial charge on any atom is 0.224 e. The quantitative estimate of drug-likeness (QED) is 0.772. The lowest BCUT2D eigenvalue weighted by Gasteiger charge is -2.17. The largest absolute Gasteiger partial charge is 0.392 e. The molecule has 0 saturated carbocycles. The summed E-state index contributed by atoms with van der Waals surface area (Å²) < 4.78 is 0. The number of benzene rings is 1. The number of amides is 1. The van der Waals surface area contributed by atoms with Gasteiger partial charge in [-0.1, -0.05) is 6.07 Å². The molecule has 19 heavy (non-hydrogen) atoms. The van der Waals surface area contributed by atoms with Gasteiger partial charge in [0.1, 0.15) is 0 Å². The van der Waals surface area contributed by atoms with Gasteiger partial charge in [-0.25, -0.2) is 0 Å². The summed E-state index contributed by atoms with van der Waals surface area (Å²) in [5.74, 6) is 0.0820. The Hall–Kier alpha value is -2.07. The first kappa shape index (κ1) is 12.0. The van der Waals surface area contributed by atoms with Gasteiger partial charge < -0.3 is 15.4 Å². The number of carbonyl (C=O) groups is 1. The second-order valence-corrected chi connectivity index (χ2v) is 4.91. The molecule has 98 valence electrons. The number of H-pyrrole nitrogens is 1. The Morgan fingerprint density at radius 1 is 1.26 bits per heavy atom. The van der Waals surface area contributed by atoms with Crippen molar-refractivity contribution in [2.45, 2.75) is 26.4 Å². The first-order chi connectivity index (χ1) is 9.17. The Kier molecular flexibility index (Phi) is 2.87. The minimum absolute atomic E-state index is 0.0450. The molecule has 0 saturated heterocycles. The van der Waals surface area contributed by atoms with Crippen LogP contribution >= 0.6 is 0 Å². The topological polar surface area (TPSA) is 65.1 Å². The highest BCUT2D eigenvalue weighted by molar-refractivity contribution is 5.94. The van der Waals surface area contributed by atoms with Gasteiger partial charge in [0.15, 0.2) is 0 Å². The number of fused-ring (bicyclic) bond motifs is 1. The molecule has 0 spiro atoms. The zero-order valence-corrected chi connectivity index (χ0v) is 10.8. The van der Waals surface area contributed by atoms with Crippen molar-refractivity contribution in [2.75, 3.05) is 5.32 Å². The van der Waals surface area contributed by atoms with Crippen LogP contribution in [0, 0.1) is 6.92 Å².